The van der Waals surface area contributed by atoms with Gasteiger partial charge in [-0.25, -0.2) is 0 Å². The molecular formula is C22H16N2O3. The SMILES string of the molecule is Oc1ccc(Oc2ccc(O)cc2-c2ccccn2)c(-c2ccccn2)c1. The van der Waals surface area contributed by atoms with Crippen molar-refractivity contribution >= 4 is 0 Å². The molecule has 2 heterocycles. The van der Waals surface area contributed by atoms with E-state index in [1.165, 1.54) is 0 Å². The van der Waals surface area contributed by atoms with Gasteiger partial charge in [0.25, 0.3) is 0 Å². The molecule has 0 aliphatic rings. The van der Waals surface area contributed by atoms with Gasteiger partial charge in [-0.1, -0.05) is 12.1 Å². The summed E-state index contributed by atoms with van der Waals surface area (Å²) in [6, 6.07) is 20.8. The molecule has 0 amide bonds. The van der Waals surface area contributed by atoms with E-state index in [-0.39, 0.29) is 11.5 Å². The molecule has 5 heteroatoms. The summed E-state index contributed by atoms with van der Waals surface area (Å²) >= 11 is 0. The zero-order valence-electron chi connectivity index (χ0n) is 14.3. The fraction of sp³-hybridized carbons (Fsp3) is 0. The van der Waals surface area contributed by atoms with Gasteiger partial charge < -0.3 is 14.9 Å². The number of hydrogen-bond donors (Lipinski definition) is 2. The molecule has 2 aromatic carbocycles. The summed E-state index contributed by atoms with van der Waals surface area (Å²) in [5, 5.41) is 19.8. The van der Waals surface area contributed by atoms with Gasteiger partial charge in [0.15, 0.2) is 0 Å². The minimum Gasteiger partial charge on any atom is -0.508 e. The third kappa shape index (κ3) is 3.57. The van der Waals surface area contributed by atoms with Gasteiger partial charge in [0.2, 0.25) is 0 Å². The smallest absolute Gasteiger partial charge is 0.137 e. The van der Waals surface area contributed by atoms with Gasteiger partial charge in [-0.05, 0) is 60.7 Å². The van der Waals surface area contributed by atoms with Crippen LogP contribution in [0.4, 0.5) is 0 Å². The summed E-state index contributed by atoms with van der Waals surface area (Å²) in [6.07, 6.45) is 3.37. The third-order valence-electron chi connectivity index (χ3n) is 4.03. The molecule has 2 aromatic heterocycles. The summed E-state index contributed by atoms with van der Waals surface area (Å²) in [6.45, 7) is 0. The zero-order chi connectivity index (χ0) is 18.6. The van der Waals surface area contributed by atoms with E-state index < -0.39 is 0 Å². The molecule has 0 fully saturated rings. The van der Waals surface area contributed by atoms with Gasteiger partial charge in [0.1, 0.15) is 23.0 Å². The third-order valence-corrected chi connectivity index (χ3v) is 4.03. The highest BCUT2D eigenvalue weighted by Crippen LogP contribution is 2.39. The topological polar surface area (TPSA) is 75.5 Å². The maximum atomic E-state index is 9.91. The van der Waals surface area contributed by atoms with Gasteiger partial charge >= 0.3 is 0 Å². The largest absolute Gasteiger partial charge is 0.508 e. The Morgan fingerprint density at radius 2 is 1.07 bits per heavy atom. The Balaban J connectivity index is 1.80. The molecule has 0 saturated carbocycles. The van der Waals surface area contributed by atoms with Crippen molar-refractivity contribution in [2.75, 3.05) is 0 Å². The Morgan fingerprint density at radius 3 is 1.48 bits per heavy atom. The highest BCUT2D eigenvalue weighted by molar-refractivity contribution is 5.73. The van der Waals surface area contributed by atoms with E-state index in [0.717, 1.165) is 0 Å². The predicted octanol–water partition coefficient (Wildman–Crippen LogP) is 5.01. The van der Waals surface area contributed by atoms with Crippen molar-refractivity contribution in [1.29, 1.82) is 0 Å². The number of phenols is 2. The Kier molecular flexibility index (Phi) is 4.41. The highest BCUT2D eigenvalue weighted by atomic mass is 16.5. The first-order chi connectivity index (χ1) is 13.2. The van der Waals surface area contributed by atoms with Gasteiger partial charge in [0, 0.05) is 23.5 Å². The van der Waals surface area contributed by atoms with E-state index in [0.29, 0.717) is 34.0 Å². The Hall–Kier alpha value is -3.86. The van der Waals surface area contributed by atoms with Crippen molar-refractivity contribution in [3.05, 3.63) is 85.2 Å². The van der Waals surface area contributed by atoms with Crippen LogP contribution in [0.5, 0.6) is 23.0 Å². The average Bonchev–Trinajstić information content (AvgIpc) is 2.72. The fourth-order valence-corrected chi connectivity index (χ4v) is 2.78. The van der Waals surface area contributed by atoms with Gasteiger partial charge in [-0.3, -0.25) is 9.97 Å². The normalized spacial score (nSPS) is 10.5. The number of hydrogen-bond acceptors (Lipinski definition) is 5. The quantitative estimate of drug-likeness (QED) is 0.537. The Bertz CT molecular complexity index is 980. The molecule has 2 N–H and O–H groups in total. The van der Waals surface area contributed by atoms with Gasteiger partial charge in [-0.15, -0.1) is 0 Å². The highest BCUT2D eigenvalue weighted by Gasteiger charge is 2.14. The fourth-order valence-electron chi connectivity index (χ4n) is 2.78. The molecule has 5 nitrogen and oxygen atoms in total. The monoisotopic (exact) mass is 356 g/mol. The standard InChI is InChI=1S/C22H16N2O3/c25-15-7-9-21(17(13-15)19-5-1-3-11-23-19)27-22-10-8-16(26)14-18(22)20-6-2-4-12-24-20/h1-14,25-26H. The van der Waals surface area contributed by atoms with Crippen molar-refractivity contribution in [1.82, 2.24) is 9.97 Å². The van der Waals surface area contributed by atoms with E-state index in [9.17, 15) is 10.2 Å². The van der Waals surface area contributed by atoms with Crippen LogP contribution < -0.4 is 4.74 Å². The van der Waals surface area contributed by atoms with Crippen molar-refractivity contribution < 1.29 is 14.9 Å². The number of rotatable bonds is 4. The number of aromatic nitrogens is 2. The second-order valence-electron chi connectivity index (χ2n) is 5.89. The van der Waals surface area contributed by atoms with Crippen LogP contribution in [0.3, 0.4) is 0 Å². The zero-order valence-corrected chi connectivity index (χ0v) is 14.3. The van der Waals surface area contributed by atoms with Crippen LogP contribution in [0, 0.1) is 0 Å². The lowest BCUT2D eigenvalue weighted by atomic mass is 10.1. The molecule has 0 spiro atoms. The van der Waals surface area contributed by atoms with Crippen molar-refractivity contribution in [2.24, 2.45) is 0 Å². The maximum absolute atomic E-state index is 9.91. The predicted molar refractivity (Wildman–Crippen MR) is 103 cm³/mol. The van der Waals surface area contributed by atoms with Crippen molar-refractivity contribution in [3.8, 4) is 45.5 Å². The van der Waals surface area contributed by atoms with Crippen LogP contribution in [0.25, 0.3) is 22.5 Å². The molecule has 0 bridgehead atoms. The van der Waals surface area contributed by atoms with E-state index in [1.54, 1.807) is 48.8 Å². The Labute approximate surface area is 156 Å². The molecule has 0 saturated heterocycles. The molecule has 0 aliphatic carbocycles. The minimum absolute atomic E-state index is 0.124. The summed E-state index contributed by atoms with van der Waals surface area (Å²) < 4.78 is 6.16. The van der Waals surface area contributed by atoms with Crippen molar-refractivity contribution in [2.45, 2.75) is 0 Å². The second kappa shape index (κ2) is 7.17. The van der Waals surface area contributed by atoms with E-state index in [1.807, 2.05) is 36.4 Å². The molecule has 0 atom stereocenters. The first-order valence-electron chi connectivity index (χ1n) is 8.37. The van der Waals surface area contributed by atoms with Crippen molar-refractivity contribution in [3.63, 3.8) is 0 Å². The molecule has 27 heavy (non-hydrogen) atoms. The number of nitrogens with zero attached hydrogens (tertiary/aromatic N) is 2. The molecule has 4 rings (SSSR count). The molecule has 4 aromatic rings. The summed E-state index contributed by atoms with van der Waals surface area (Å²) in [4.78, 5) is 8.69. The average molecular weight is 356 g/mol. The summed E-state index contributed by atoms with van der Waals surface area (Å²) in [5.74, 6) is 1.32. The lowest BCUT2D eigenvalue weighted by Crippen LogP contribution is -1.93. The number of ether oxygens (including phenoxy) is 1. The van der Waals surface area contributed by atoms with Crippen LogP contribution >= 0.6 is 0 Å². The van der Waals surface area contributed by atoms with E-state index >= 15 is 0 Å². The summed E-state index contributed by atoms with van der Waals surface area (Å²) in [7, 11) is 0. The molecule has 132 valence electrons. The number of aromatic hydroxyl groups is 2. The van der Waals surface area contributed by atoms with Crippen LogP contribution in [-0.4, -0.2) is 20.2 Å². The lowest BCUT2D eigenvalue weighted by molar-refractivity contribution is 0.461. The van der Waals surface area contributed by atoms with Gasteiger partial charge in [0.05, 0.1) is 11.4 Å². The Morgan fingerprint density at radius 1 is 0.593 bits per heavy atom. The van der Waals surface area contributed by atoms with Crippen LogP contribution in [0.1, 0.15) is 0 Å². The molecule has 0 unspecified atom stereocenters. The second-order valence-corrected chi connectivity index (χ2v) is 5.89. The molecule has 0 aliphatic heterocycles. The maximum Gasteiger partial charge on any atom is 0.137 e. The number of pyridine rings is 2. The number of phenolic OH excluding ortho intramolecular Hbond substituents is 2. The number of benzene rings is 2. The lowest BCUT2D eigenvalue weighted by Gasteiger charge is -2.14. The van der Waals surface area contributed by atoms with E-state index in [2.05, 4.69) is 9.97 Å². The van der Waals surface area contributed by atoms with Crippen LogP contribution in [0.2, 0.25) is 0 Å². The first kappa shape index (κ1) is 16.6. The molecule has 0 radical (unpaired) electrons. The van der Waals surface area contributed by atoms with Gasteiger partial charge in [-0.2, -0.15) is 0 Å². The van der Waals surface area contributed by atoms with Crippen LogP contribution in [0.15, 0.2) is 85.2 Å². The van der Waals surface area contributed by atoms with E-state index in [4.69, 9.17) is 4.74 Å². The molecular weight excluding hydrogens is 340 g/mol. The van der Waals surface area contributed by atoms with Crippen LogP contribution in [-0.2, 0) is 0 Å². The summed E-state index contributed by atoms with van der Waals surface area (Å²) in [5.41, 5.74) is 2.69. The minimum atomic E-state index is 0.124. The first-order valence-corrected chi connectivity index (χ1v) is 8.37.